The molecule has 1 heterocycles. The van der Waals surface area contributed by atoms with Gasteiger partial charge in [0.1, 0.15) is 12.4 Å². The van der Waals surface area contributed by atoms with Gasteiger partial charge in [0.25, 0.3) is 0 Å². The maximum absolute atomic E-state index is 11.6. The van der Waals surface area contributed by atoms with Crippen molar-refractivity contribution in [1.29, 1.82) is 0 Å². The number of nitrogens with one attached hydrogen (secondary N) is 1. The number of carbonyl (C=O) groups is 1. The van der Waals surface area contributed by atoms with E-state index in [9.17, 15) is 4.79 Å². The summed E-state index contributed by atoms with van der Waals surface area (Å²) in [5.74, 6) is 0.331. The normalized spacial score (nSPS) is 10.7. The Morgan fingerprint density at radius 3 is 2.88 bits per heavy atom. The number of aliphatic hydroxyl groups is 1. The van der Waals surface area contributed by atoms with E-state index in [1.165, 1.54) is 0 Å². The number of nitrogens with two attached hydrogens (primary N) is 1. The van der Waals surface area contributed by atoms with Crippen molar-refractivity contribution >= 4 is 18.0 Å². The molecule has 4 N–H and O–H groups in total. The molecule has 0 saturated carbocycles. The van der Waals surface area contributed by atoms with Crippen molar-refractivity contribution in [3.8, 4) is 0 Å². The molecule has 2 rings (SSSR count). The highest BCUT2D eigenvalue weighted by molar-refractivity contribution is 5.67. The van der Waals surface area contributed by atoms with Crippen molar-refractivity contribution in [3.63, 3.8) is 0 Å². The van der Waals surface area contributed by atoms with Crippen molar-refractivity contribution < 1.29 is 14.6 Å². The molecule has 0 aliphatic rings. The zero-order chi connectivity index (χ0) is 17.2. The lowest BCUT2D eigenvalue weighted by Gasteiger charge is -2.06. The van der Waals surface area contributed by atoms with Gasteiger partial charge in [-0.3, -0.25) is 0 Å². The van der Waals surface area contributed by atoms with Crippen LogP contribution < -0.4 is 11.1 Å². The molecule has 0 unspecified atom stereocenters. The molecule has 0 radical (unpaired) electrons. The van der Waals surface area contributed by atoms with E-state index in [0.29, 0.717) is 24.3 Å². The number of ether oxygens (including phenoxy) is 1. The molecule has 1 aromatic heterocycles. The minimum atomic E-state index is -0.441. The Labute approximate surface area is 141 Å². The summed E-state index contributed by atoms with van der Waals surface area (Å²) in [7, 11) is 0. The molecule has 0 atom stereocenters. The van der Waals surface area contributed by atoms with Crippen LogP contribution in [-0.2, 0) is 18.0 Å². The van der Waals surface area contributed by atoms with Crippen molar-refractivity contribution in [1.82, 2.24) is 10.3 Å². The van der Waals surface area contributed by atoms with E-state index in [1.54, 1.807) is 12.3 Å². The predicted molar refractivity (Wildman–Crippen MR) is 92.9 cm³/mol. The lowest BCUT2D eigenvalue weighted by atomic mass is 10.2. The van der Waals surface area contributed by atoms with Gasteiger partial charge in [-0.2, -0.15) is 0 Å². The third kappa shape index (κ3) is 5.73. The molecule has 2 aromatic rings. The Hall–Kier alpha value is -2.86. The molecule has 0 saturated heterocycles. The van der Waals surface area contributed by atoms with Gasteiger partial charge in [0, 0.05) is 18.3 Å². The third-order valence-electron chi connectivity index (χ3n) is 3.30. The highest BCUT2D eigenvalue weighted by Gasteiger charge is 2.01. The number of anilines is 1. The Morgan fingerprint density at radius 2 is 2.12 bits per heavy atom. The van der Waals surface area contributed by atoms with Gasteiger partial charge in [-0.1, -0.05) is 42.5 Å². The van der Waals surface area contributed by atoms with Crippen LogP contribution in [0.4, 0.5) is 10.6 Å². The second-order valence-corrected chi connectivity index (χ2v) is 5.15. The molecular weight excluding hydrogens is 306 g/mol. The Kier molecular flexibility index (Phi) is 6.79. The van der Waals surface area contributed by atoms with Crippen LogP contribution in [0.25, 0.3) is 6.08 Å². The summed E-state index contributed by atoms with van der Waals surface area (Å²) < 4.78 is 5.11. The maximum Gasteiger partial charge on any atom is 0.407 e. The first kappa shape index (κ1) is 17.5. The molecule has 0 spiro atoms. The van der Waals surface area contributed by atoms with Crippen molar-refractivity contribution in [2.45, 2.75) is 19.6 Å². The first-order valence-corrected chi connectivity index (χ1v) is 7.65. The number of nitrogen functional groups attached to an aromatic ring is 1. The zero-order valence-corrected chi connectivity index (χ0v) is 13.3. The van der Waals surface area contributed by atoms with Gasteiger partial charge in [-0.25, -0.2) is 9.78 Å². The second kappa shape index (κ2) is 9.32. The molecule has 6 heteroatoms. The summed E-state index contributed by atoms with van der Waals surface area (Å²) in [5.41, 5.74) is 8.01. The van der Waals surface area contributed by atoms with Crippen LogP contribution in [0.3, 0.4) is 0 Å². The molecule has 24 heavy (non-hydrogen) atoms. The quantitative estimate of drug-likeness (QED) is 0.679. The Morgan fingerprint density at radius 1 is 1.33 bits per heavy atom. The van der Waals surface area contributed by atoms with Crippen molar-refractivity contribution in [2.75, 3.05) is 12.3 Å². The van der Waals surface area contributed by atoms with E-state index in [2.05, 4.69) is 10.3 Å². The van der Waals surface area contributed by atoms with E-state index >= 15 is 0 Å². The monoisotopic (exact) mass is 327 g/mol. The highest BCUT2D eigenvalue weighted by Crippen LogP contribution is 2.12. The second-order valence-electron chi connectivity index (χ2n) is 5.15. The van der Waals surface area contributed by atoms with Gasteiger partial charge >= 0.3 is 6.09 Å². The number of hydrogen-bond donors (Lipinski definition) is 3. The van der Waals surface area contributed by atoms with E-state index in [4.69, 9.17) is 15.6 Å². The minimum Gasteiger partial charge on any atom is -0.445 e. The molecule has 126 valence electrons. The first-order chi connectivity index (χ1) is 11.7. The SMILES string of the molecule is Nc1ncc(C=CCCNC(=O)OCc2ccccc2)cc1CO. The van der Waals surface area contributed by atoms with E-state index in [0.717, 1.165) is 11.1 Å². The first-order valence-electron chi connectivity index (χ1n) is 7.65. The Bertz CT molecular complexity index is 687. The van der Waals surface area contributed by atoms with Gasteiger partial charge in [-0.05, 0) is 23.6 Å². The van der Waals surface area contributed by atoms with Crippen LogP contribution in [0.5, 0.6) is 0 Å². The fraction of sp³-hybridized carbons (Fsp3) is 0.222. The summed E-state index contributed by atoms with van der Waals surface area (Å²) in [4.78, 5) is 15.6. The number of rotatable bonds is 7. The molecule has 0 bridgehead atoms. The summed E-state index contributed by atoms with van der Waals surface area (Å²) in [5, 5.41) is 11.8. The van der Waals surface area contributed by atoms with Crippen LogP contribution in [0.1, 0.15) is 23.1 Å². The molecule has 0 aliphatic heterocycles. The van der Waals surface area contributed by atoms with Gasteiger partial charge in [0.05, 0.1) is 6.61 Å². The summed E-state index contributed by atoms with van der Waals surface area (Å²) >= 11 is 0. The smallest absolute Gasteiger partial charge is 0.407 e. The number of hydrogen-bond acceptors (Lipinski definition) is 5. The van der Waals surface area contributed by atoms with Gasteiger partial charge in [0.2, 0.25) is 0 Å². The molecule has 0 aliphatic carbocycles. The number of benzene rings is 1. The zero-order valence-electron chi connectivity index (χ0n) is 13.3. The van der Waals surface area contributed by atoms with Gasteiger partial charge < -0.3 is 20.9 Å². The largest absolute Gasteiger partial charge is 0.445 e. The number of pyridine rings is 1. The lowest BCUT2D eigenvalue weighted by molar-refractivity contribution is 0.140. The highest BCUT2D eigenvalue weighted by atomic mass is 16.5. The fourth-order valence-corrected chi connectivity index (χ4v) is 2.01. The summed E-state index contributed by atoms with van der Waals surface area (Å²) in [6, 6.07) is 11.3. The van der Waals surface area contributed by atoms with Gasteiger partial charge in [-0.15, -0.1) is 0 Å². The van der Waals surface area contributed by atoms with Crippen molar-refractivity contribution in [3.05, 3.63) is 65.4 Å². The molecule has 1 aromatic carbocycles. The van der Waals surface area contributed by atoms with Crippen molar-refractivity contribution in [2.24, 2.45) is 0 Å². The van der Waals surface area contributed by atoms with E-state index < -0.39 is 6.09 Å². The standard InChI is InChI=1S/C18H21N3O3/c19-17-16(12-22)10-15(11-21-17)8-4-5-9-20-18(23)24-13-14-6-2-1-3-7-14/h1-4,6-8,10-11,22H,5,9,12-13H2,(H2,19,21)(H,20,23). The molecule has 1 amide bonds. The van der Waals surface area contributed by atoms with Crippen LogP contribution in [0.15, 0.2) is 48.7 Å². The summed E-state index contributed by atoms with van der Waals surface area (Å²) in [6.45, 7) is 0.582. The predicted octanol–water partition coefficient (Wildman–Crippen LogP) is 2.49. The van der Waals surface area contributed by atoms with E-state index in [1.807, 2.05) is 42.5 Å². The third-order valence-corrected chi connectivity index (χ3v) is 3.30. The number of aliphatic hydroxyl groups excluding tert-OH is 1. The Balaban J connectivity index is 1.67. The number of carbonyl (C=O) groups excluding carboxylic acids is 1. The number of aromatic nitrogens is 1. The maximum atomic E-state index is 11.6. The topological polar surface area (TPSA) is 97.5 Å². The van der Waals surface area contributed by atoms with Crippen LogP contribution >= 0.6 is 0 Å². The summed E-state index contributed by atoms with van der Waals surface area (Å²) in [6.07, 6.45) is 5.62. The minimum absolute atomic E-state index is 0.144. The molecule has 6 nitrogen and oxygen atoms in total. The number of amides is 1. The van der Waals surface area contributed by atoms with E-state index in [-0.39, 0.29) is 13.2 Å². The van der Waals surface area contributed by atoms with Crippen LogP contribution in [0.2, 0.25) is 0 Å². The average molecular weight is 327 g/mol. The van der Waals surface area contributed by atoms with Gasteiger partial charge in [0.15, 0.2) is 0 Å². The molecule has 0 fully saturated rings. The van der Waals surface area contributed by atoms with Crippen LogP contribution in [-0.4, -0.2) is 22.7 Å². The fourth-order valence-electron chi connectivity index (χ4n) is 2.01. The lowest BCUT2D eigenvalue weighted by Crippen LogP contribution is -2.24. The molecular formula is C18H21N3O3. The number of alkyl carbamates (subject to hydrolysis) is 1. The average Bonchev–Trinajstić information content (AvgIpc) is 2.62. The van der Waals surface area contributed by atoms with Crippen LogP contribution in [0, 0.1) is 0 Å². The number of nitrogens with zero attached hydrogens (tertiary/aromatic N) is 1.